The van der Waals surface area contributed by atoms with Gasteiger partial charge in [-0.3, -0.25) is 14.2 Å². The minimum atomic E-state index is -0.393. The average Bonchev–Trinajstić information content (AvgIpc) is 3.49. The van der Waals surface area contributed by atoms with Crippen LogP contribution in [0.5, 0.6) is 0 Å². The van der Waals surface area contributed by atoms with Crippen LogP contribution in [0.2, 0.25) is 0 Å². The van der Waals surface area contributed by atoms with Gasteiger partial charge in [0.2, 0.25) is 5.82 Å². The lowest BCUT2D eigenvalue weighted by molar-refractivity contribution is -0.139. The van der Waals surface area contributed by atoms with Crippen LogP contribution in [0.15, 0.2) is 71.5 Å². The van der Waals surface area contributed by atoms with Crippen molar-refractivity contribution in [2.45, 2.75) is 39.2 Å². The van der Waals surface area contributed by atoms with Gasteiger partial charge in [-0.25, -0.2) is 4.98 Å². The predicted octanol–water partition coefficient (Wildman–Crippen LogP) is 4.35. The molecule has 192 valence electrons. The number of esters is 1. The molecule has 5 aromatic rings. The van der Waals surface area contributed by atoms with Gasteiger partial charge in [0, 0.05) is 12.0 Å². The molecule has 0 saturated carbocycles. The van der Waals surface area contributed by atoms with Crippen molar-refractivity contribution in [2.24, 2.45) is 0 Å². The number of rotatable bonds is 9. The van der Waals surface area contributed by atoms with E-state index in [2.05, 4.69) is 27.5 Å². The van der Waals surface area contributed by atoms with Crippen molar-refractivity contribution < 1.29 is 9.53 Å². The predicted molar refractivity (Wildman–Crippen MR) is 144 cm³/mol. The molecular formula is C29H28N6O3. The van der Waals surface area contributed by atoms with Gasteiger partial charge in [-0.05, 0) is 40.0 Å². The Balaban J connectivity index is 1.53. The molecule has 5 rings (SSSR count). The Morgan fingerprint density at radius 3 is 2.50 bits per heavy atom. The lowest BCUT2D eigenvalue weighted by Gasteiger charge is -2.15. The van der Waals surface area contributed by atoms with E-state index in [1.54, 1.807) is 10.6 Å². The number of carbonyl (C=O) groups is 1. The molecule has 0 atom stereocenters. The van der Waals surface area contributed by atoms with Crippen LogP contribution in [0.1, 0.15) is 36.7 Å². The number of aromatic nitrogens is 6. The number of hydrogen-bond donors (Lipinski definition) is 1. The molecule has 0 bridgehead atoms. The number of aromatic amines is 1. The topological polar surface area (TPSA) is 116 Å². The summed E-state index contributed by atoms with van der Waals surface area (Å²) in [5.74, 6) is 0.878. The molecule has 9 heteroatoms. The zero-order valence-corrected chi connectivity index (χ0v) is 21.3. The molecule has 0 spiro atoms. The third-order valence-electron chi connectivity index (χ3n) is 6.58. The van der Waals surface area contributed by atoms with Gasteiger partial charge in [-0.15, -0.1) is 10.2 Å². The van der Waals surface area contributed by atoms with Gasteiger partial charge in [-0.1, -0.05) is 74.0 Å². The monoisotopic (exact) mass is 508 g/mol. The number of benzene rings is 3. The molecule has 1 N–H and O–H groups in total. The summed E-state index contributed by atoms with van der Waals surface area (Å²) < 4.78 is 6.58. The van der Waals surface area contributed by atoms with E-state index in [1.165, 1.54) is 7.11 Å². The Labute approximate surface area is 219 Å². The van der Waals surface area contributed by atoms with Gasteiger partial charge in [0.25, 0.3) is 5.56 Å². The summed E-state index contributed by atoms with van der Waals surface area (Å²) in [5.41, 5.74) is 4.92. The van der Waals surface area contributed by atoms with E-state index in [4.69, 9.17) is 9.72 Å². The molecular weight excluding hydrogens is 480 g/mol. The summed E-state index contributed by atoms with van der Waals surface area (Å²) in [6.45, 7) is 2.49. The lowest BCUT2D eigenvalue weighted by atomic mass is 9.98. The van der Waals surface area contributed by atoms with Crippen molar-refractivity contribution in [1.29, 1.82) is 0 Å². The molecule has 0 amide bonds. The van der Waals surface area contributed by atoms with E-state index in [9.17, 15) is 9.59 Å². The normalized spacial score (nSPS) is 11.1. The van der Waals surface area contributed by atoms with Gasteiger partial charge >= 0.3 is 5.97 Å². The molecule has 0 aliphatic rings. The largest absolute Gasteiger partial charge is 0.469 e. The second-order valence-corrected chi connectivity index (χ2v) is 9.06. The Bertz CT molecular complexity index is 1630. The standard InChI is InChI=1S/C29H28N6O3/c1-3-4-12-25-30-24-11-7-8-21(17-26(36)38-2)27(24)29(37)35(25)18-19-13-15-20(16-14-19)22-9-5-6-10-23(22)28-31-33-34-32-28/h5-11,13-16H,3-4,12,17-18H2,1-2H3,(H,31,32,33,34). The van der Waals surface area contributed by atoms with Crippen LogP contribution in [0.25, 0.3) is 33.4 Å². The summed E-state index contributed by atoms with van der Waals surface area (Å²) in [6, 6.07) is 21.4. The van der Waals surface area contributed by atoms with Crippen LogP contribution in [0.3, 0.4) is 0 Å². The molecule has 0 radical (unpaired) electrons. The Morgan fingerprint density at radius 1 is 1.00 bits per heavy atom. The highest BCUT2D eigenvalue weighted by Crippen LogP contribution is 2.30. The zero-order valence-electron chi connectivity index (χ0n) is 21.3. The van der Waals surface area contributed by atoms with Crippen LogP contribution < -0.4 is 5.56 Å². The summed E-state index contributed by atoms with van der Waals surface area (Å²) in [4.78, 5) is 30.7. The quantitative estimate of drug-likeness (QED) is 0.294. The molecule has 0 aliphatic carbocycles. The maximum atomic E-state index is 13.8. The van der Waals surface area contributed by atoms with Crippen molar-refractivity contribution in [1.82, 2.24) is 30.2 Å². The first-order valence-corrected chi connectivity index (χ1v) is 12.6. The number of hydrogen-bond acceptors (Lipinski definition) is 7. The lowest BCUT2D eigenvalue weighted by Crippen LogP contribution is -2.27. The first-order chi connectivity index (χ1) is 18.6. The van der Waals surface area contributed by atoms with Crippen molar-refractivity contribution in [2.75, 3.05) is 7.11 Å². The van der Waals surface area contributed by atoms with Crippen LogP contribution in [0.4, 0.5) is 0 Å². The second-order valence-electron chi connectivity index (χ2n) is 9.06. The number of methoxy groups -OCH3 is 1. The van der Waals surface area contributed by atoms with Gasteiger partial charge in [0.05, 0.1) is 31.0 Å². The van der Waals surface area contributed by atoms with E-state index >= 15 is 0 Å². The van der Waals surface area contributed by atoms with Gasteiger partial charge in [0.15, 0.2) is 0 Å². The molecule has 2 heterocycles. The van der Waals surface area contributed by atoms with E-state index < -0.39 is 5.97 Å². The third-order valence-corrected chi connectivity index (χ3v) is 6.58. The number of nitrogens with zero attached hydrogens (tertiary/aromatic N) is 5. The first-order valence-electron chi connectivity index (χ1n) is 12.6. The third kappa shape index (κ3) is 5.08. The van der Waals surface area contributed by atoms with Gasteiger partial charge < -0.3 is 4.74 Å². The van der Waals surface area contributed by atoms with Gasteiger partial charge in [0.1, 0.15) is 5.82 Å². The van der Waals surface area contributed by atoms with E-state index in [1.807, 2.05) is 60.7 Å². The molecule has 3 aromatic carbocycles. The van der Waals surface area contributed by atoms with Crippen LogP contribution in [0, 0.1) is 0 Å². The number of tetrazole rings is 1. The summed E-state index contributed by atoms with van der Waals surface area (Å²) in [7, 11) is 1.34. The molecule has 0 unspecified atom stereocenters. The molecule has 38 heavy (non-hydrogen) atoms. The Kier molecular flexibility index (Phi) is 7.35. The molecule has 0 aliphatic heterocycles. The first kappa shape index (κ1) is 25.0. The highest BCUT2D eigenvalue weighted by atomic mass is 16.5. The van der Waals surface area contributed by atoms with E-state index in [-0.39, 0.29) is 12.0 Å². The SMILES string of the molecule is CCCCc1nc2cccc(CC(=O)OC)c2c(=O)n1Cc1ccc(-c2ccccc2-c2nn[nH]n2)cc1. The highest BCUT2D eigenvalue weighted by molar-refractivity contribution is 5.86. The number of carbonyl (C=O) groups excluding carboxylic acids is 1. The maximum Gasteiger partial charge on any atom is 0.310 e. The van der Waals surface area contributed by atoms with Crippen molar-refractivity contribution in [3.8, 4) is 22.5 Å². The maximum absolute atomic E-state index is 13.8. The minimum Gasteiger partial charge on any atom is -0.469 e. The fraction of sp³-hybridized carbons (Fsp3) is 0.241. The van der Waals surface area contributed by atoms with E-state index in [0.29, 0.717) is 35.3 Å². The number of nitrogens with one attached hydrogen (secondary N) is 1. The smallest absolute Gasteiger partial charge is 0.310 e. The fourth-order valence-corrected chi connectivity index (χ4v) is 4.62. The fourth-order valence-electron chi connectivity index (χ4n) is 4.62. The van der Waals surface area contributed by atoms with Crippen molar-refractivity contribution >= 4 is 16.9 Å². The van der Waals surface area contributed by atoms with Crippen LogP contribution in [-0.2, 0) is 28.9 Å². The molecule has 0 saturated heterocycles. The molecule has 2 aromatic heterocycles. The summed E-state index contributed by atoms with van der Waals surface area (Å²) in [5, 5.41) is 14.9. The number of H-pyrrole nitrogens is 1. The average molecular weight is 509 g/mol. The number of unbranched alkanes of at least 4 members (excludes halogenated alkanes) is 1. The Morgan fingerprint density at radius 2 is 1.79 bits per heavy atom. The molecule has 9 nitrogen and oxygen atoms in total. The zero-order chi connectivity index (χ0) is 26.5. The summed E-state index contributed by atoms with van der Waals surface area (Å²) in [6.07, 6.45) is 2.63. The second kappa shape index (κ2) is 11.2. The number of ether oxygens (including phenoxy) is 1. The van der Waals surface area contributed by atoms with Crippen molar-refractivity contribution in [3.05, 3.63) is 94.0 Å². The minimum absolute atomic E-state index is 0.0214. The van der Waals surface area contributed by atoms with Crippen LogP contribution in [-0.4, -0.2) is 43.3 Å². The van der Waals surface area contributed by atoms with Gasteiger partial charge in [-0.2, -0.15) is 5.21 Å². The van der Waals surface area contributed by atoms with Crippen molar-refractivity contribution in [3.63, 3.8) is 0 Å². The highest BCUT2D eigenvalue weighted by Gasteiger charge is 2.17. The summed E-state index contributed by atoms with van der Waals surface area (Å²) >= 11 is 0. The Hall–Kier alpha value is -4.66. The van der Waals surface area contributed by atoms with E-state index in [0.717, 1.165) is 40.9 Å². The van der Waals surface area contributed by atoms with Crippen LogP contribution >= 0.6 is 0 Å². The number of fused-ring (bicyclic) bond motifs is 1. The number of aryl methyl sites for hydroxylation is 1. The molecule has 0 fully saturated rings.